The van der Waals surface area contributed by atoms with E-state index in [9.17, 15) is 15.6 Å². The molecule has 118 valence electrons. The minimum absolute atomic E-state index is 0.0820. The van der Waals surface area contributed by atoms with Gasteiger partial charge in [-0.15, -0.1) is 0 Å². The van der Waals surface area contributed by atoms with Crippen molar-refractivity contribution in [2.45, 2.75) is 0 Å². The second-order valence-corrected chi connectivity index (χ2v) is 4.86. The van der Waals surface area contributed by atoms with Crippen LogP contribution >= 0.6 is 0 Å². The molecule has 4 N–H and O–H groups in total. The zero-order valence-corrected chi connectivity index (χ0v) is 11.9. The van der Waals surface area contributed by atoms with Gasteiger partial charge >= 0.3 is 0 Å². The Hall–Kier alpha value is -2.59. The van der Waals surface area contributed by atoms with Crippen molar-refractivity contribution in [3.8, 4) is 16.9 Å². The monoisotopic (exact) mass is 314 g/mol. The second kappa shape index (κ2) is 6.26. The van der Waals surface area contributed by atoms with Crippen LogP contribution in [0.4, 0.5) is 11.4 Å². The number of benzene rings is 2. The van der Waals surface area contributed by atoms with Gasteiger partial charge in [0.05, 0.1) is 11.9 Å². The van der Waals surface area contributed by atoms with E-state index < -0.39 is 10.5 Å². The summed E-state index contributed by atoms with van der Waals surface area (Å²) in [4.78, 5) is 0. The first kappa shape index (κ1) is 15.3. The summed E-state index contributed by atoms with van der Waals surface area (Å²) in [5.74, 6) is 0. The molecule has 1 aromatic heterocycles. The van der Waals surface area contributed by atoms with Crippen molar-refractivity contribution >= 4 is 11.4 Å². The van der Waals surface area contributed by atoms with Gasteiger partial charge in [0.25, 0.3) is 0 Å². The van der Waals surface area contributed by atoms with Crippen molar-refractivity contribution in [2.24, 2.45) is 0 Å². The number of nitrogens with one attached hydrogen (secondary N) is 2. The highest BCUT2D eigenvalue weighted by atomic mass is 16.8. The zero-order valence-electron chi connectivity index (χ0n) is 11.9. The van der Waals surface area contributed by atoms with Gasteiger partial charge in [-0.05, 0) is 12.1 Å². The SMILES string of the molecule is [O-][NH+](O)c1ccc(-n2cc([NH+]([O-])O)c(-c3ccccc3)n2)cc1. The fourth-order valence-electron chi connectivity index (χ4n) is 2.23. The third kappa shape index (κ3) is 3.12. The largest absolute Gasteiger partial charge is 0.595 e. The lowest BCUT2D eigenvalue weighted by molar-refractivity contribution is -0.991. The van der Waals surface area contributed by atoms with Crippen LogP contribution in [-0.2, 0) is 0 Å². The first-order valence-electron chi connectivity index (χ1n) is 6.78. The molecule has 2 unspecified atom stereocenters. The molecule has 3 aromatic rings. The third-order valence-electron chi connectivity index (χ3n) is 3.37. The third-order valence-corrected chi connectivity index (χ3v) is 3.37. The second-order valence-electron chi connectivity index (χ2n) is 4.86. The Labute approximate surface area is 131 Å². The molecule has 3 rings (SSSR count). The lowest BCUT2D eigenvalue weighted by atomic mass is 10.1. The van der Waals surface area contributed by atoms with Crippen LogP contribution in [0.25, 0.3) is 16.9 Å². The van der Waals surface area contributed by atoms with Crippen LogP contribution in [0.1, 0.15) is 0 Å². The molecule has 0 radical (unpaired) electrons. The molecule has 0 spiro atoms. The topological polar surface area (TPSA) is 113 Å². The number of hydrogen-bond donors (Lipinski definition) is 4. The summed E-state index contributed by atoms with van der Waals surface area (Å²) < 4.78 is 1.43. The molecule has 2 aromatic carbocycles. The molecule has 0 aliphatic carbocycles. The van der Waals surface area contributed by atoms with Gasteiger partial charge in [0.1, 0.15) is 0 Å². The van der Waals surface area contributed by atoms with Gasteiger partial charge in [-0.1, -0.05) is 30.3 Å². The Morgan fingerprint density at radius 3 is 2.09 bits per heavy atom. The summed E-state index contributed by atoms with van der Waals surface area (Å²) in [6.45, 7) is 0. The first-order chi connectivity index (χ1) is 11.1. The molecular weight excluding hydrogens is 300 g/mol. The maximum Gasteiger partial charge on any atom is 0.210 e. The minimum Gasteiger partial charge on any atom is -0.595 e. The van der Waals surface area contributed by atoms with Gasteiger partial charge < -0.3 is 10.4 Å². The van der Waals surface area contributed by atoms with E-state index in [0.717, 1.165) is 0 Å². The summed E-state index contributed by atoms with van der Waals surface area (Å²) in [5.41, 5.74) is 1.88. The fourth-order valence-corrected chi connectivity index (χ4v) is 2.23. The van der Waals surface area contributed by atoms with Crippen LogP contribution in [0.3, 0.4) is 0 Å². The average molecular weight is 314 g/mol. The smallest absolute Gasteiger partial charge is 0.210 e. The van der Waals surface area contributed by atoms with E-state index in [1.165, 1.54) is 23.0 Å². The predicted molar refractivity (Wildman–Crippen MR) is 80.6 cm³/mol. The molecule has 0 aliphatic rings. The first-order valence-corrected chi connectivity index (χ1v) is 6.78. The standard InChI is InChI=1S/C15H14N4O4/c20-18(21)13-8-6-12(7-9-13)17-10-14(19(22)23)15(16-17)11-4-2-1-3-5-11/h1-10,18-20,22H. The van der Waals surface area contributed by atoms with Crippen molar-refractivity contribution in [1.29, 1.82) is 0 Å². The lowest BCUT2D eigenvalue weighted by Gasteiger charge is -2.11. The van der Waals surface area contributed by atoms with Crippen LogP contribution in [0, 0.1) is 10.4 Å². The molecule has 0 amide bonds. The van der Waals surface area contributed by atoms with Gasteiger partial charge in [0, 0.05) is 17.7 Å². The Bertz CT molecular complexity index is 785. The van der Waals surface area contributed by atoms with E-state index in [-0.39, 0.29) is 11.4 Å². The van der Waals surface area contributed by atoms with Crippen molar-refractivity contribution in [2.75, 3.05) is 0 Å². The maximum atomic E-state index is 11.5. The van der Waals surface area contributed by atoms with E-state index in [0.29, 0.717) is 16.9 Å². The molecule has 0 aliphatic heterocycles. The predicted octanol–water partition coefficient (Wildman–Crippen LogP) is 0.346. The number of nitrogens with zero attached hydrogens (tertiary/aromatic N) is 2. The molecule has 2 atom stereocenters. The number of quaternary nitrogens is 2. The molecule has 0 bridgehead atoms. The van der Waals surface area contributed by atoms with E-state index >= 15 is 0 Å². The van der Waals surface area contributed by atoms with Crippen LogP contribution in [0.2, 0.25) is 0 Å². The number of aromatic nitrogens is 2. The Morgan fingerprint density at radius 1 is 0.870 bits per heavy atom. The maximum absolute atomic E-state index is 11.5. The number of hydrogen-bond acceptors (Lipinski definition) is 5. The zero-order chi connectivity index (χ0) is 16.4. The normalized spacial score (nSPS) is 13.7. The van der Waals surface area contributed by atoms with Gasteiger partial charge in [-0.3, -0.25) is 0 Å². The van der Waals surface area contributed by atoms with Gasteiger partial charge in [0.15, 0.2) is 11.4 Å². The fraction of sp³-hybridized carbons (Fsp3) is 0. The molecular formula is C15H14N4O4. The van der Waals surface area contributed by atoms with Crippen molar-refractivity contribution in [1.82, 2.24) is 9.78 Å². The lowest BCUT2D eigenvalue weighted by Crippen LogP contribution is -2.99. The van der Waals surface area contributed by atoms with E-state index in [2.05, 4.69) is 5.10 Å². The molecule has 1 heterocycles. The summed E-state index contributed by atoms with van der Waals surface area (Å²) in [6.07, 6.45) is 1.42. The Kier molecular flexibility index (Phi) is 4.17. The van der Waals surface area contributed by atoms with E-state index in [1.807, 2.05) is 18.2 Å². The van der Waals surface area contributed by atoms with E-state index in [4.69, 9.17) is 5.21 Å². The highest BCUT2D eigenvalue weighted by molar-refractivity contribution is 5.69. The number of rotatable bonds is 4. The molecule has 8 nitrogen and oxygen atoms in total. The summed E-state index contributed by atoms with van der Waals surface area (Å²) >= 11 is 0. The molecule has 23 heavy (non-hydrogen) atoms. The van der Waals surface area contributed by atoms with Gasteiger partial charge in [-0.25, -0.2) is 15.1 Å². The van der Waals surface area contributed by atoms with Crippen molar-refractivity contribution in [3.63, 3.8) is 0 Å². The van der Waals surface area contributed by atoms with Crippen LogP contribution in [0.15, 0.2) is 60.8 Å². The van der Waals surface area contributed by atoms with Crippen LogP contribution in [0.5, 0.6) is 0 Å². The average Bonchev–Trinajstić information content (AvgIpc) is 3.01. The minimum atomic E-state index is -1.07. The van der Waals surface area contributed by atoms with Crippen molar-refractivity contribution < 1.29 is 20.9 Å². The Morgan fingerprint density at radius 2 is 1.52 bits per heavy atom. The van der Waals surface area contributed by atoms with Crippen LogP contribution in [-0.4, -0.2) is 20.2 Å². The van der Waals surface area contributed by atoms with Gasteiger partial charge in [-0.2, -0.15) is 15.6 Å². The highest BCUT2D eigenvalue weighted by Crippen LogP contribution is 2.25. The van der Waals surface area contributed by atoms with E-state index in [1.54, 1.807) is 24.3 Å². The molecule has 0 saturated heterocycles. The molecule has 8 heteroatoms. The van der Waals surface area contributed by atoms with Crippen molar-refractivity contribution in [3.05, 3.63) is 71.2 Å². The highest BCUT2D eigenvalue weighted by Gasteiger charge is 2.17. The molecule has 0 fully saturated rings. The molecule has 0 saturated carbocycles. The van der Waals surface area contributed by atoms with Crippen LogP contribution < -0.4 is 10.5 Å². The Balaban J connectivity index is 2.04. The van der Waals surface area contributed by atoms with Gasteiger partial charge in [0.2, 0.25) is 5.69 Å². The summed E-state index contributed by atoms with van der Waals surface area (Å²) in [5, 5.41) is 42.9. The summed E-state index contributed by atoms with van der Waals surface area (Å²) in [6, 6.07) is 15.1. The quantitative estimate of drug-likeness (QED) is 0.519. The summed E-state index contributed by atoms with van der Waals surface area (Å²) in [7, 11) is 0.